The van der Waals surface area contributed by atoms with Crippen LogP contribution in [0, 0.1) is 11.5 Å². The van der Waals surface area contributed by atoms with Gasteiger partial charge < -0.3 is 9.30 Å². The second-order valence-corrected chi connectivity index (χ2v) is 7.65. The lowest BCUT2D eigenvalue weighted by atomic mass is 10.0. The first kappa shape index (κ1) is 22.1. The molecule has 8 nitrogen and oxygen atoms in total. The van der Waals surface area contributed by atoms with Gasteiger partial charge in [-0.05, 0) is 29.8 Å². The van der Waals surface area contributed by atoms with E-state index in [2.05, 4.69) is 19.9 Å². The lowest BCUT2D eigenvalue weighted by molar-refractivity contribution is -0.137. The number of pyridine rings is 3. The van der Waals surface area contributed by atoms with Gasteiger partial charge in [0.25, 0.3) is 0 Å². The Balaban J connectivity index is 1.84. The molecule has 0 atom stereocenters. The summed E-state index contributed by atoms with van der Waals surface area (Å²) >= 11 is 0. The number of ether oxygens (including phenoxy) is 1. The smallest absolute Gasteiger partial charge is 0.417 e. The van der Waals surface area contributed by atoms with E-state index in [-0.39, 0.29) is 0 Å². The number of aromatic nitrogens is 5. The average molecular weight is 475 g/mol. The van der Waals surface area contributed by atoms with E-state index in [0.29, 0.717) is 50.2 Å². The number of nitriles is 1. The van der Waals surface area contributed by atoms with Gasteiger partial charge in [-0.2, -0.15) is 18.4 Å². The van der Waals surface area contributed by atoms with Crippen LogP contribution in [0.2, 0.25) is 0 Å². The van der Waals surface area contributed by atoms with Crippen molar-refractivity contribution in [1.82, 2.24) is 24.1 Å². The van der Waals surface area contributed by atoms with Crippen LogP contribution in [-0.4, -0.2) is 31.2 Å². The van der Waals surface area contributed by atoms with Crippen molar-refractivity contribution < 1.29 is 17.9 Å². The van der Waals surface area contributed by atoms with E-state index in [9.17, 15) is 18.4 Å². The number of aryl methyl sites for hydroxylation is 1. The minimum Gasteiger partial charge on any atom is -0.481 e. The standard InChI is InChI=1S/C24H16F3N7O/c1-33-20-12-30-19-5-3-14(15-7-16(10-29-9-15)24(25,26)27)8-18(19)22(20)34(23(33)32-13-28)17-4-6-21(35-2)31-11-17/h3-12H,1-2H3. The van der Waals surface area contributed by atoms with Gasteiger partial charge in [-0.3, -0.25) is 14.5 Å². The van der Waals surface area contributed by atoms with Gasteiger partial charge in [0.15, 0.2) is 0 Å². The molecule has 5 rings (SSSR count). The van der Waals surface area contributed by atoms with Gasteiger partial charge in [0, 0.05) is 36.5 Å². The molecule has 35 heavy (non-hydrogen) atoms. The van der Waals surface area contributed by atoms with E-state index in [0.717, 1.165) is 12.3 Å². The molecule has 0 radical (unpaired) electrons. The normalized spacial score (nSPS) is 12.3. The maximum atomic E-state index is 13.3. The van der Waals surface area contributed by atoms with Gasteiger partial charge >= 0.3 is 6.18 Å². The monoisotopic (exact) mass is 475 g/mol. The molecule has 0 aliphatic carbocycles. The highest BCUT2D eigenvalue weighted by Crippen LogP contribution is 2.33. The zero-order chi connectivity index (χ0) is 24.7. The number of methoxy groups -OCH3 is 1. The van der Waals surface area contributed by atoms with Crippen molar-refractivity contribution in [3.63, 3.8) is 0 Å². The zero-order valence-corrected chi connectivity index (χ0v) is 18.4. The summed E-state index contributed by atoms with van der Waals surface area (Å²) in [5.41, 5.74) is 2.91. The molecule has 1 aromatic carbocycles. The zero-order valence-electron chi connectivity index (χ0n) is 18.4. The molecule has 0 spiro atoms. The van der Waals surface area contributed by atoms with E-state index >= 15 is 0 Å². The Hall–Kier alpha value is -4.72. The molecule has 0 aliphatic rings. The summed E-state index contributed by atoms with van der Waals surface area (Å²) < 4.78 is 48.4. The van der Waals surface area contributed by atoms with Crippen LogP contribution in [0.1, 0.15) is 5.56 Å². The minimum atomic E-state index is -4.51. The van der Waals surface area contributed by atoms with E-state index in [1.807, 2.05) is 6.19 Å². The largest absolute Gasteiger partial charge is 0.481 e. The maximum absolute atomic E-state index is 13.3. The number of fused-ring (bicyclic) bond motifs is 3. The van der Waals surface area contributed by atoms with E-state index in [4.69, 9.17) is 4.74 Å². The Bertz CT molecular complexity index is 1690. The molecule has 0 saturated heterocycles. The lowest BCUT2D eigenvalue weighted by Gasteiger charge is -2.10. The second kappa shape index (κ2) is 8.25. The SMILES string of the molecule is COc1ccc(-n2c(=NC#N)n(C)c3cnc4ccc(-c5cncc(C(F)(F)F)c5)cc4c32)cn1. The quantitative estimate of drug-likeness (QED) is 0.361. The summed E-state index contributed by atoms with van der Waals surface area (Å²) in [6.45, 7) is 0. The van der Waals surface area contributed by atoms with Crippen molar-refractivity contribution in [3.05, 3.63) is 72.4 Å². The van der Waals surface area contributed by atoms with Crippen molar-refractivity contribution in [2.45, 2.75) is 6.18 Å². The topological polar surface area (TPSA) is 93.9 Å². The molecule has 0 amide bonds. The Morgan fingerprint density at radius 2 is 1.83 bits per heavy atom. The fourth-order valence-corrected chi connectivity index (χ4v) is 3.98. The van der Waals surface area contributed by atoms with E-state index in [1.165, 1.54) is 13.3 Å². The lowest BCUT2D eigenvalue weighted by Crippen LogP contribution is -2.22. The minimum absolute atomic E-state index is 0.314. The number of hydrogen-bond acceptors (Lipinski definition) is 6. The third kappa shape index (κ3) is 3.74. The van der Waals surface area contributed by atoms with Crippen LogP contribution in [-0.2, 0) is 13.2 Å². The highest BCUT2D eigenvalue weighted by atomic mass is 19.4. The number of alkyl halides is 3. The Kier molecular flexibility index (Phi) is 5.21. The number of halogens is 3. The summed E-state index contributed by atoms with van der Waals surface area (Å²) in [5, 5.41) is 9.98. The molecule has 174 valence electrons. The van der Waals surface area contributed by atoms with Crippen LogP contribution < -0.4 is 10.4 Å². The summed E-state index contributed by atoms with van der Waals surface area (Å²) in [7, 11) is 3.26. The number of hydrogen-bond donors (Lipinski definition) is 0. The molecule has 0 saturated carbocycles. The van der Waals surface area contributed by atoms with Gasteiger partial charge in [0.1, 0.15) is 0 Å². The van der Waals surface area contributed by atoms with Crippen molar-refractivity contribution in [2.24, 2.45) is 12.0 Å². The third-order valence-corrected chi connectivity index (χ3v) is 5.64. The highest BCUT2D eigenvalue weighted by Gasteiger charge is 2.31. The van der Waals surface area contributed by atoms with E-state index < -0.39 is 11.7 Å². The summed E-state index contributed by atoms with van der Waals surface area (Å²) in [6, 6.07) is 9.70. The predicted molar refractivity (Wildman–Crippen MR) is 121 cm³/mol. The highest BCUT2D eigenvalue weighted by molar-refractivity contribution is 6.04. The van der Waals surface area contributed by atoms with Crippen molar-refractivity contribution >= 4 is 21.9 Å². The molecule has 0 aliphatic heterocycles. The van der Waals surface area contributed by atoms with Crippen molar-refractivity contribution in [1.29, 1.82) is 5.26 Å². The fourth-order valence-electron chi connectivity index (χ4n) is 3.98. The average Bonchev–Trinajstić information content (AvgIpc) is 3.15. The first-order valence-electron chi connectivity index (χ1n) is 10.3. The summed E-state index contributed by atoms with van der Waals surface area (Å²) in [6.07, 6.45) is 2.74. The number of benzene rings is 1. The van der Waals surface area contributed by atoms with Gasteiger partial charge in [0.2, 0.25) is 17.7 Å². The third-order valence-electron chi connectivity index (χ3n) is 5.64. The Morgan fingerprint density at radius 1 is 1.00 bits per heavy atom. The van der Waals surface area contributed by atoms with Gasteiger partial charge in [0.05, 0.1) is 47.3 Å². The molecule has 0 N–H and O–H groups in total. The molecule has 0 bridgehead atoms. The predicted octanol–water partition coefficient (Wildman–Crippen LogP) is 4.38. The van der Waals surface area contributed by atoms with Crippen LogP contribution in [0.3, 0.4) is 0 Å². The molecule has 0 unspecified atom stereocenters. The maximum Gasteiger partial charge on any atom is 0.417 e. The molecular formula is C24H16F3N7O. The first-order chi connectivity index (χ1) is 16.8. The molecule has 11 heteroatoms. The summed E-state index contributed by atoms with van der Waals surface area (Å²) in [5.74, 6) is 0.416. The Labute approximate surface area is 196 Å². The molecule has 4 aromatic heterocycles. The number of rotatable bonds is 3. The molecule has 0 fully saturated rings. The summed E-state index contributed by atoms with van der Waals surface area (Å²) in [4.78, 5) is 16.5. The number of nitrogens with zero attached hydrogens (tertiary/aromatic N) is 7. The van der Waals surface area contributed by atoms with Gasteiger partial charge in [-0.15, -0.1) is 4.99 Å². The van der Waals surface area contributed by atoms with Crippen LogP contribution in [0.25, 0.3) is 38.8 Å². The molecule has 5 aromatic rings. The van der Waals surface area contributed by atoms with Gasteiger partial charge in [-0.1, -0.05) is 6.07 Å². The second-order valence-electron chi connectivity index (χ2n) is 7.65. The number of imidazole rings is 1. The van der Waals surface area contributed by atoms with Gasteiger partial charge in [-0.25, -0.2) is 4.98 Å². The first-order valence-corrected chi connectivity index (χ1v) is 10.3. The van der Waals surface area contributed by atoms with Crippen LogP contribution in [0.4, 0.5) is 13.2 Å². The van der Waals surface area contributed by atoms with Crippen molar-refractivity contribution in [3.8, 4) is 28.9 Å². The fraction of sp³-hybridized carbons (Fsp3) is 0.125. The van der Waals surface area contributed by atoms with Crippen molar-refractivity contribution in [2.75, 3.05) is 7.11 Å². The molecular weight excluding hydrogens is 459 g/mol. The Morgan fingerprint density at radius 3 is 2.51 bits per heavy atom. The van der Waals surface area contributed by atoms with Crippen LogP contribution >= 0.6 is 0 Å². The van der Waals surface area contributed by atoms with Crippen LogP contribution in [0.5, 0.6) is 5.88 Å². The van der Waals surface area contributed by atoms with Crippen LogP contribution in [0.15, 0.2) is 66.2 Å². The molecule has 4 heterocycles. The van der Waals surface area contributed by atoms with E-state index in [1.54, 1.807) is 58.9 Å².